The average molecular weight is 289 g/mol. The van der Waals surface area contributed by atoms with Crippen LogP contribution in [0.5, 0.6) is 0 Å². The molecule has 0 fully saturated rings. The molecule has 0 bridgehead atoms. The normalized spacial score (nSPS) is 8.61. The Balaban J connectivity index is 0. The molecule has 0 aliphatic carbocycles. The highest BCUT2D eigenvalue weighted by molar-refractivity contribution is 8.23. The Labute approximate surface area is 116 Å². The molecule has 100 valence electrons. The van der Waals surface area contributed by atoms with E-state index in [-0.39, 0.29) is 6.42 Å². The highest BCUT2D eigenvalue weighted by atomic mass is 32.2. The first kappa shape index (κ1) is 18.8. The Kier molecular flexibility index (Phi) is 14.1. The van der Waals surface area contributed by atoms with Gasteiger partial charge in [0.15, 0.2) is 0 Å². The molecular weight excluding hydrogens is 274 g/mol. The average Bonchev–Trinajstić information content (AvgIpc) is 2.31. The molecule has 0 aliphatic heterocycles. The zero-order valence-electron chi connectivity index (χ0n) is 9.72. The van der Waals surface area contributed by atoms with Crippen molar-refractivity contribution in [2.75, 3.05) is 0 Å². The minimum atomic E-state index is -0.745. The van der Waals surface area contributed by atoms with Crippen LogP contribution in [0.3, 0.4) is 0 Å². The summed E-state index contributed by atoms with van der Waals surface area (Å²) in [5.41, 5.74) is 0.778. The van der Waals surface area contributed by atoms with Gasteiger partial charge in [-0.3, -0.25) is 14.6 Å². The van der Waals surface area contributed by atoms with E-state index >= 15 is 0 Å². The molecule has 0 amide bonds. The van der Waals surface area contributed by atoms with Gasteiger partial charge < -0.3 is 10.9 Å². The van der Waals surface area contributed by atoms with E-state index in [9.17, 15) is 9.59 Å². The molecule has 0 aromatic carbocycles. The van der Waals surface area contributed by atoms with Crippen LogP contribution >= 0.6 is 25.3 Å². The van der Waals surface area contributed by atoms with Crippen LogP contribution in [0.25, 0.3) is 0 Å². The van der Waals surface area contributed by atoms with Crippen molar-refractivity contribution in [1.82, 2.24) is 4.98 Å². The number of pyridine rings is 1. The highest BCUT2D eigenvalue weighted by Crippen LogP contribution is 1.86. The number of thiol groups is 2. The van der Waals surface area contributed by atoms with E-state index < -0.39 is 10.4 Å². The molecule has 8 heteroatoms. The van der Waals surface area contributed by atoms with Crippen LogP contribution in [0.4, 0.5) is 4.79 Å². The van der Waals surface area contributed by atoms with Gasteiger partial charge in [-0.05, 0) is 12.1 Å². The minimum Gasteiger partial charge on any atom is -0.481 e. The second-order valence-corrected chi connectivity index (χ2v) is 3.73. The third-order valence-corrected chi connectivity index (χ3v) is 1.20. The fourth-order valence-electron chi connectivity index (χ4n) is 0.529. The SMILES string of the molecule is CCC(=O)O.NN=Cc1ccccn1.O=C(S)S. The number of carboxylic acids is 1. The van der Waals surface area contributed by atoms with E-state index in [1.165, 1.54) is 6.21 Å². The summed E-state index contributed by atoms with van der Waals surface area (Å²) in [4.78, 5) is 22.5. The molecule has 1 aromatic heterocycles. The molecule has 0 spiro atoms. The molecule has 0 aliphatic rings. The van der Waals surface area contributed by atoms with E-state index in [0.717, 1.165) is 5.69 Å². The Morgan fingerprint density at radius 3 is 2.28 bits per heavy atom. The first-order chi connectivity index (χ1) is 8.43. The molecule has 1 rings (SSSR count). The van der Waals surface area contributed by atoms with Gasteiger partial charge in [-0.15, -0.1) is 0 Å². The predicted molar refractivity (Wildman–Crippen MR) is 77.3 cm³/mol. The summed E-state index contributed by atoms with van der Waals surface area (Å²) >= 11 is 6.38. The Morgan fingerprint density at radius 1 is 1.50 bits per heavy atom. The van der Waals surface area contributed by atoms with E-state index in [0.29, 0.717) is 0 Å². The third-order valence-electron chi connectivity index (χ3n) is 1.20. The van der Waals surface area contributed by atoms with E-state index in [2.05, 4.69) is 35.3 Å². The van der Waals surface area contributed by atoms with Gasteiger partial charge >= 0.3 is 5.97 Å². The van der Waals surface area contributed by atoms with E-state index in [1.54, 1.807) is 13.1 Å². The van der Waals surface area contributed by atoms with Crippen molar-refractivity contribution in [3.8, 4) is 0 Å². The van der Waals surface area contributed by atoms with Gasteiger partial charge in [-0.2, -0.15) is 5.10 Å². The maximum atomic E-state index is 9.37. The van der Waals surface area contributed by atoms with Gasteiger partial charge in [0.25, 0.3) is 0 Å². The lowest BCUT2D eigenvalue weighted by atomic mass is 10.4. The van der Waals surface area contributed by atoms with Crippen LogP contribution in [0.1, 0.15) is 19.0 Å². The number of rotatable bonds is 2. The lowest BCUT2D eigenvalue weighted by Crippen LogP contribution is -1.88. The van der Waals surface area contributed by atoms with Crippen molar-refractivity contribution >= 4 is 41.9 Å². The number of hydrogen-bond donors (Lipinski definition) is 4. The minimum absolute atomic E-state index is 0.222. The van der Waals surface area contributed by atoms with Crippen LogP contribution in [0.15, 0.2) is 29.5 Å². The zero-order valence-corrected chi connectivity index (χ0v) is 11.5. The van der Waals surface area contributed by atoms with Crippen LogP contribution in [-0.2, 0) is 4.79 Å². The van der Waals surface area contributed by atoms with Gasteiger partial charge in [0.2, 0.25) is 4.45 Å². The highest BCUT2D eigenvalue weighted by Gasteiger charge is 1.81. The summed E-state index contributed by atoms with van der Waals surface area (Å²) in [5.74, 6) is 4.14. The summed E-state index contributed by atoms with van der Waals surface area (Å²) in [6.07, 6.45) is 3.41. The monoisotopic (exact) mass is 289 g/mol. The molecular formula is C10H15N3O3S2. The summed E-state index contributed by atoms with van der Waals surface area (Å²) < 4.78 is -0.444. The van der Waals surface area contributed by atoms with Crippen molar-refractivity contribution in [2.45, 2.75) is 13.3 Å². The smallest absolute Gasteiger partial charge is 0.303 e. The van der Waals surface area contributed by atoms with Crippen molar-refractivity contribution in [3.05, 3.63) is 30.1 Å². The fraction of sp³-hybridized carbons (Fsp3) is 0.200. The van der Waals surface area contributed by atoms with E-state index in [4.69, 9.17) is 10.9 Å². The lowest BCUT2D eigenvalue weighted by Gasteiger charge is -1.85. The molecule has 1 aromatic rings. The molecule has 18 heavy (non-hydrogen) atoms. The molecule has 6 nitrogen and oxygen atoms in total. The number of carbonyl (C=O) groups is 2. The quantitative estimate of drug-likeness (QED) is 0.288. The number of hydrazone groups is 1. The summed E-state index contributed by atoms with van der Waals surface area (Å²) in [5, 5.41) is 11.0. The lowest BCUT2D eigenvalue weighted by molar-refractivity contribution is -0.136. The number of hydrogen-bond acceptors (Lipinski definition) is 5. The molecule has 0 atom stereocenters. The van der Waals surface area contributed by atoms with Crippen molar-refractivity contribution < 1.29 is 14.7 Å². The first-order valence-electron chi connectivity index (χ1n) is 4.72. The fourth-order valence-corrected chi connectivity index (χ4v) is 0.529. The van der Waals surface area contributed by atoms with E-state index in [1.807, 2.05) is 18.2 Å². The standard InChI is InChI=1S/C6H7N3.C3H6O2.CH2OS2/c7-9-5-6-3-1-2-4-8-6;1-2-3(4)5;2-1(3)4/h1-5H,7H2;2H2,1H3,(H,4,5);(H2,2,3,4). The summed E-state index contributed by atoms with van der Waals surface area (Å²) in [6, 6.07) is 5.55. The van der Waals surface area contributed by atoms with Crippen LogP contribution in [0, 0.1) is 0 Å². The zero-order chi connectivity index (χ0) is 14.4. The maximum Gasteiger partial charge on any atom is 0.303 e. The summed E-state index contributed by atoms with van der Waals surface area (Å²) in [6.45, 7) is 1.60. The number of aromatic nitrogens is 1. The number of carbonyl (C=O) groups excluding carboxylic acids is 1. The molecule has 3 N–H and O–H groups in total. The van der Waals surface area contributed by atoms with Gasteiger partial charge in [0, 0.05) is 12.6 Å². The Hall–Kier alpha value is -1.54. The number of nitrogens with zero attached hydrogens (tertiary/aromatic N) is 2. The van der Waals surface area contributed by atoms with Gasteiger partial charge in [0.1, 0.15) is 0 Å². The second kappa shape index (κ2) is 13.5. The van der Waals surface area contributed by atoms with Gasteiger partial charge in [-0.1, -0.05) is 38.2 Å². The molecule has 1 heterocycles. The molecule has 0 saturated heterocycles. The maximum absolute atomic E-state index is 9.37. The van der Waals surface area contributed by atoms with Gasteiger partial charge in [0.05, 0.1) is 11.9 Å². The van der Waals surface area contributed by atoms with Gasteiger partial charge in [-0.25, -0.2) is 0 Å². The molecule has 0 unspecified atom stereocenters. The first-order valence-corrected chi connectivity index (χ1v) is 5.61. The van der Waals surface area contributed by atoms with Crippen molar-refractivity contribution in [2.24, 2.45) is 10.9 Å². The van der Waals surface area contributed by atoms with Crippen molar-refractivity contribution in [1.29, 1.82) is 0 Å². The third kappa shape index (κ3) is 19.9. The number of aliphatic carboxylic acids is 1. The number of nitrogens with two attached hydrogens (primary N) is 1. The largest absolute Gasteiger partial charge is 0.481 e. The van der Waals surface area contributed by atoms with Crippen LogP contribution < -0.4 is 5.84 Å². The Morgan fingerprint density at radius 2 is 2.00 bits per heavy atom. The van der Waals surface area contributed by atoms with Crippen LogP contribution in [0.2, 0.25) is 0 Å². The second-order valence-electron chi connectivity index (χ2n) is 2.56. The molecule has 0 radical (unpaired) electrons. The van der Waals surface area contributed by atoms with Crippen LogP contribution in [-0.4, -0.2) is 26.7 Å². The van der Waals surface area contributed by atoms with Crippen molar-refractivity contribution in [3.63, 3.8) is 0 Å². The molecule has 0 saturated carbocycles. The summed E-state index contributed by atoms with van der Waals surface area (Å²) in [7, 11) is 0. The number of carboxylic acid groups (broad SMARTS) is 1. The topological polar surface area (TPSA) is 106 Å². The predicted octanol–water partition coefficient (Wildman–Crippen LogP) is 1.82. The Bertz CT molecular complexity index is 368.